The first-order valence-electron chi connectivity index (χ1n) is 7.21. The van der Waals surface area contributed by atoms with Gasteiger partial charge in [0, 0.05) is 11.8 Å². The van der Waals surface area contributed by atoms with Crippen LogP contribution in [0.15, 0.2) is 24.3 Å². The summed E-state index contributed by atoms with van der Waals surface area (Å²) in [7, 11) is 0. The number of anilines is 1. The van der Waals surface area contributed by atoms with E-state index in [2.05, 4.69) is 25.2 Å². The van der Waals surface area contributed by atoms with E-state index in [1.807, 2.05) is 6.07 Å². The first-order chi connectivity index (χ1) is 9.58. The van der Waals surface area contributed by atoms with Crippen molar-refractivity contribution in [2.75, 3.05) is 25.0 Å². The second-order valence-corrected chi connectivity index (χ2v) is 5.99. The smallest absolute Gasteiger partial charge is 0.279 e. The summed E-state index contributed by atoms with van der Waals surface area (Å²) >= 11 is 0. The zero-order valence-corrected chi connectivity index (χ0v) is 12.1. The fourth-order valence-electron chi connectivity index (χ4n) is 3.18. The van der Waals surface area contributed by atoms with E-state index in [4.69, 9.17) is 5.26 Å². The van der Waals surface area contributed by atoms with Crippen LogP contribution in [0.5, 0.6) is 0 Å². The van der Waals surface area contributed by atoms with Gasteiger partial charge in [-0.05, 0) is 18.6 Å². The van der Waals surface area contributed by atoms with Crippen LogP contribution in [0.25, 0.3) is 0 Å². The molecule has 2 atom stereocenters. The first-order valence-corrected chi connectivity index (χ1v) is 7.21. The van der Waals surface area contributed by atoms with Crippen LogP contribution in [-0.2, 0) is 4.79 Å². The zero-order valence-electron chi connectivity index (χ0n) is 12.1. The van der Waals surface area contributed by atoms with Gasteiger partial charge < -0.3 is 10.2 Å². The predicted molar refractivity (Wildman–Crippen MR) is 78.3 cm³/mol. The van der Waals surface area contributed by atoms with Crippen molar-refractivity contribution in [1.82, 2.24) is 0 Å². The number of carbonyl (C=O) groups excluding carboxylic acids is 1. The van der Waals surface area contributed by atoms with Crippen LogP contribution < -0.4 is 10.2 Å². The molecule has 1 amide bonds. The van der Waals surface area contributed by atoms with Crippen molar-refractivity contribution in [3.8, 4) is 6.07 Å². The van der Waals surface area contributed by atoms with Crippen LogP contribution in [0.1, 0.15) is 25.8 Å². The molecule has 4 heteroatoms. The van der Waals surface area contributed by atoms with Crippen LogP contribution in [0.3, 0.4) is 0 Å². The van der Waals surface area contributed by atoms with Crippen molar-refractivity contribution in [3.05, 3.63) is 29.8 Å². The topological polar surface area (TPSA) is 57.3 Å². The summed E-state index contributed by atoms with van der Waals surface area (Å²) in [5, 5.41) is 11.9. The van der Waals surface area contributed by atoms with E-state index in [0.717, 1.165) is 13.1 Å². The normalized spacial score (nSPS) is 25.8. The lowest BCUT2D eigenvalue weighted by Crippen LogP contribution is -3.15. The van der Waals surface area contributed by atoms with E-state index >= 15 is 0 Å². The number of hydrogen-bond acceptors (Lipinski definition) is 2. The number of carbonyl (C=O) groups is 1. The van der Waals surface area contributed by atoms with E-state index < -0.39 is 0 Å². The molecule has 4 nitrogen and oxygen atoms in total. The second kappa shape index (κ2) is 6.53. The largest absolute Gasteiger partial charge is 0.327 e. The number of likely N-dealkylation sites (tertiary alicyclic amines) is 1. The third-order valence-electron chi connectivity index (χ3n) is 3.81. The van der Waals surface area contributed by atoms with Gasteiger partial charge in [-0.2, -0.15) is 5.26 Å². The molecule has 0 spiro atoms. The molecular weight excluding hydrogens is 250 g/mol. The number of nitriles is 1. The Morgan fingerprint density at radius 3 is 2.65 bits per heavy atom. The maximum Gasteiger partial charge on any atom is 0.279 e. The van der Waals surface area contributed by atoms with Gasteiger partial charge in [0.05, 0.1) is 24.3 Å². The Morgan fingerprint density at radius 1 is 1.35 bits per heavy atom. The number of quaternary nitrogens is 1. The quantitative estimate of drug-likeness (QED) is 0.864. The second-order valence-electron chi connectivity index (χ2n) is 5.99. The molecule has 0 bridgehead atoms. The summed E-state index contributed by atoms with van der Waals surface area (Å²) < 4.78 is 0. The number of nitrogens with one attached hydrogen (secondary N) is 2. The number of nitrogens with zero attached hydrogens (tertiary/aromatic N) is 1. The summed E-state index contributed by atoms with van der Waals surface area (Å²) in [6.45, 7) is 7.08. The molecule has 0 aromatic heterocycles. The van der Waals surface area contributed by atoms with Gasteiger partial charge in [0.1, 0.15) is 6.07 Å². The number of benzene rings is 1. The molecule has 0 radical (unpaired) electrons. The number of para-hydroxylation sites is 1. The third-order valence-corrected chi connectivity index (χ3v) is 3.81. The highest BCUT2D eigenvalue weighted by Crippen LogP contribution is 2.14. The molecule has 0 saturated carbocycles. The van der Waals surface area contributed by atoms with Crippen LogP contribution in [-0.4, -0.2) is 25.5 Å². The van der Waals surface area contributed by atoms with Crippen molar-refractivity contribution in [3.63, 3.8) is 0 Å². The summed E-state index contributed by atoms with van der Waals surface area (Å²) in [4.78, 5) is 13.5. The average molecular weight is 272 g/mol. The molecule has 1 saturated heterocycles. The lowest BCUT2D eigenvalue weighted by molar-refractivity contribution is -0.904. The van der Waals surface area contributed by atoms with Gasteiger partial charge in [0.25, 0.3) is 5.91 Å². The SMILES string of the molecule is C[C@@H]1C[C@@H](C)C[NH+](CC(=O)Nc2ccccc2C#N)C1. The Balaban J connectivity index is 1.94. The van der Waals surface area contributed by atoms with Crippen LogP contribution >= 0.6 is 0 Å². The molecule has 106 valence electrons. The minimum Gasteiger partial charge on any atom is -0.327 e. The fraction of sp³-hybridized carbons (Fsp3) is 0.500. The van der Waals surface area contributed by atoms with Gasteiger partial charge in [-0.25, -0.2) is 0 Å². The molecule has 2 N–H and O–H groups in total. The molecule has 2 rings (SSSR count). The fourth-order valence-corrected chi connectivity index (χ4v) is 3.18. The lowest BCUT2D eigenvalue weighted by Gasteiger charge is -2.31. The van der Waals surface area contributed by atoms with Crippen molar-refractivity contribution >= 4 is 11.6 Å². The number of hydrogen-bond donors (Lipinski definition) is 2. The molecule has 1 aliphatic rings. The summed E-state index contributed by atoms with van der Waals surface area (Å²) in [6.07, 6.45) is 1.25. The molecule has 0 unspecified atom stereocenters. The molecular formula is C16H22N3O+. The Morgan fingerprint density at radius 2 is 2.00 bits per heavy atom. The maximum absolute atomic E-state index is 12.1. The van der Waals surface area contributed by atoms with Crippen LogP contribution in [0.4, 0.5) is 5.69 Å². The maximum atomic E-state index is 12.1. The van der Waals surface area contributed by atoms with Crippen molar-refractivity contribution in [2.45, 2.75) is 20.3 Å². The molecule has 20 heavy (non-hydrogen) atoms. The van der Waals surface area contributed by atoms with E-state index in [1.165, 1.54) is 11.3 Å². The number of amides is 1. The molecule has 1 aromatic carbocycles. The zero-order chi connectivity index (χ0) is 14.5. The van der Waals surface area contributed by atoms with Crippen molar-refractivity contribution in [2.24, 2.45) is 11.8 Å². The van der Waals surface area contributed by atoms with E-state index in [0.29, 0.717) is 29.6 Å². The highest BCUT2D eigenvalue weighted by molar-refractivity contribution is 5.92. The average Bonchev–Trinajstić information content (AvgIpc) is 2.37. The monoisotopic (exact) mass is 272 g/mol. The van der Waals surface area contributed by atoms with E-state index in [1.54, 1.807) is 18.2 Å². The Hall–Kier alpha value is -1.86. The van der Waals surface area contributed by atoms with Gasteiger partial charge in [0.15, 0.2) is 6.54 Å². The van der Waals surface area contributed by atoms with Crippen LogP contribution in [0, 0.1) is 23.2 Å². The molecule has 0 aliphatic carbocycles. The number of rotatable bonds is 3. The Bertz CT molecular complexity index is 511. The lowest BCUT2D eigenvalue weighted by atomic mass is 9.92. The van der Waals surface area contributed by atoms with Crippen LogP contribution in [0.2, 0.25) is 0 Å². The van der Waals surface area contributed by atoms with Crippen molar-refractivity contribution < 1.29 is 9.69 Å². The Kier molecular flexibility index (Phi) is 4.75. The molecule has 1 aromatic rings. The minimum atomic E-state index is -0.0102. The van der Waals surface area contributed by atoms with Gasteiger partial charge in [-0.3, -0.25) is 4.79 Å². The summed E-state index contributed by atoms with van der Waals surface area (Å²) in [5.74, 6) is 1.34. The molecule has 1 aliphatic heterocycles. The first kappa shape index (κ1) is 14.5. The van der Waals surface area contributed by atoms with Gasteiger partial charge >= 0.3 is 0 Å². The van der Waals surface area contributed by atoms with Gasteiger partial charge in [-0.15, -0.1) is 0 Å². The van der Waals surface area contributed by atoms with Gasteiger partial charge in [0.2, 0.25) is 0 Å². The van der Waals surface area contributed by atoms with E-state index in [-0.39, 0.29) is 5.91 Å². The summed E-state index contributed by atoms with van der Waals surface area (Å²) in [6, 6.07) is 9.21. The number of piperidine rings is 1. The Labute approximate surface area is 120 Å². The highest BCUT2D eigenvalue weighted by atomic mass is 16.2. The minimum absolute atomic E-state index is 0.0102. The molecule has 1 fully saturated rings. The molecule has 1 heterocycles. The standard InChI is InChI=1S/C16H21N3O/c1-12-7-13(2)10-19(9-12)11-16(20)18-15-6-4-3-5-14(15)8-17/h3-6,12-13H,7,9-11H2,1-2H3,(H,18,20)/p+1/t12-,13-/m1/s1. The predicted octanol–water partition coefficient (Wildman–Crippen LogP) is 1.06. The van der Waals surface area contributed by atoms with Gasteiger partial charge in [-0.1, -0.05) is 26.0 Å². The summed E-state index contributed by atoms with van der Waals surface area (Å²) in [5.41, 5.74) is 1.12. The van der Waals surface area contributed by atoms with E-state index in [9.17, 15) is 4.79 Å². The van der Waals surface area contributed by atoms with Crippen molar-refractivity contribution in [1.29, 1.82) is 5.26 Å². The third kappa shape index (κ3) is 3.82. The highest BCUT2D eigenvalue weighted by Gasteiger charge is 2.26.